The van der Waals surface area contributed by atoms with E-state index in [1.54, 1.807) is 0 Å². The van der Waals surface area contributed by atoms with Gasteiger partial charge in [0, 0.05) is 11.4 Å². The van der Waals surface area contributed by atoms with Crippen molar-refractivity contribution in [3.05, 3.63) is 109 Å². The third kappa shape index (κ3) is 6.75. The van der Waals surface area contributed by atoms with Crippen LogP contribution in [-0.2, 0) is 20.7 Å². The summed E-state index contributed by atoms with van der Waals surface area (Å²) in [6.07, 6.45) is -0.998. The van der Waals surface area contributed by atoms with E-state index in [-0.39, 0.29) is 17.2 Å². The van der Waals surface area contributed by atoms with E-state index in [1.165, 1.54) is 48.5 Å². The highest BCUT2D eigenvalue weighted by molar-refractivity contribution is 7.91. The van der Waals surface area contributed by atoms with E-state index in [2.05, 4.69) is 14.2 Å². The minimum Gasteiger partial charge on any atom is -0.451 e. The van der Waals surface area contributed by atoms with Crippen LogP contribution in [0.15, 0.2) is 103 Å². The summed E-state index contributed by atoms with van der Waals surface area (Å²) in [7, 11) is -9.35. The lowest BCUT2D eigenvalue weighted by atomic mass is 10.00. The quantitative estimate of drug-likeness (QED) is 0.0850. The maximum absolute atomic E-state index is 13.3. The highest BCUT2D eigenvalue weighted by Crippen LogP contribution is 2.32. The molecule has 0 radical (unpaired) electrons. The molecule has 0 saturated carbocycles. The van der Waals surface area contributed by atoms with Gasteiger partial charge in [0.15, 0.2) is 0 Å². The third-order valence-corrected chi connectivity index (χ3v) is 6.42. The smallest absolute Gasteiger partial charge is 0.451 e. The number of benzene rings is 5. The summed E-state index contributed by atoms with van der Waals surface area (Å²) in [5, 5.41) is 4.16. The van der Waals surface area contributed by atoms with Gasteiger partial charge in [0.25, 0.3) is 16.5 Å². The number of hydrogen-bond donors (Lipinski definition) is 0. The van der Waals surface area contributed by atoms with Crippen molar-refractivity contribution >= 4 is 48.1 Å². The van der Waals surface area contributed by atoms with E-state index in [9.17, 15) is 20.4 Å². The summed E-state index contributed by atoms with van der Waals surface area (Å²) in [6.45, 7) is 0. The van der Waals surface area contributed by atoms with Gasteiger partial charge in [-0.15, -0.1) is 3.89 Å². The van der Waals surface area contributed by atoms with Crippen LogP contribution < -0.4 is 17.8 Å². The predicted octanol–water partition coefficient (Wildman–Crippen LogP) is 6.64. The van der Waals surface area contributed by atoms with Gasteiger partial charge in [-0.1, -0.05) is 52.4 Å². The van der Waals surface area contributed by atoms with Crippen molar-refractivity contribution < 1.29 is 38.2 Å². The monoisotopic (exact) mass is 570 g/mol. The number of ether oxygens (including phenoxy) is 2. The SMILES string of the molecule is C=S(=O)(F)Oc1ccc(OC(Oc2ccc(OS(=O)(=O)F)cc2)c2ccc3c(ccc4ccccc43)c2)cc1. The van der Waals surface area contributed by atoms with Crippen LogP contribution in [0.3, 0.4) is 0 Å². The van der Waals surface area contributed by atoms with Crippen LogP contribution in [0.4, 0.5) is 7.77 Å². The Labute approximate surface area is 224 Å². The van der Waals surface area contributed by atoms with Gasteiger partial charge in [0.05, 0.1) is 0 Å². The topological polar surface area (TPSA) is 88.1 Å². The van der Waals surface area contributed by atoms with Crippen LogP contribution in [-0.4, -0.2) is 18.5 Å². The molecule has 5 aromatic rings. The van der Waals surface area contributed by atoms with Crippen LogP contribution >= 0.6 is 0 Å². The van der Waals surface area contributed by atoms with Crippen molar-refractivity contribution in [1.82, 2.24) is 0 Å². The largest absolute Gasteiger partial charge is 0.488 e. The van der Waals surface area contributed by atoms with Crippen LogP contribution in [0.25, 0.3) is 21.5 Å². The first-order valence-corrected chi connectivity index (χ1v) is 14.2. The Morgan fingerprint density at radius 2 is 1.10 bits per heavy atom. The summed E-state index contributed by atoms with van der Waals surface area (Å²) in [5.41, 5.74) is 0.648. The van der Waals surface area contributed by atoms with Gasteiger partial charge in [0.1, 0.15) is 23.0 Å². The molecule has 5 aromatic carbocycles. The first kappa shape index (κ1) is 26.3. The van der Waals surface area contributed by atoms with Crippen LogP contribution in [0.2, 0.25) is 0 Å². The molecule has 0 aliphatic carbocycles. The van der Waals surface area contributed by atoms with Gasteiger partial charge in [0.2, 0.25) is 0 Å². The van der Waals surface area contributed by atoms with Crippen LogP contribution in [0, 0.1) is 0 Å². The second-order valence-electron chi connectivity index (χ2n) is 8.38. The van der Waals surface area contributed by atoms with Gasteiger partial charge in [-0.05, 0) is 76.1 Å². The van der Waals surface area contributed by atoms with E-state index in [1.807, 2.05) is 54.6 Å². The molecule has 0 N–H and O–H groups in total. The van der Waals surface area contributed by atoms with Gasteiger partial charge in [-0.2, -0.15) is 12.6 Å². The summed E-state index contributed by atoms with van der Waals surface area (Å²) in [4.78, 5) is 0. The molecule has 0 saturated heterocycles. The molecule has 7 nitrogen and oxygen atoms in total. The van der Waals surface area contributed by atoms with Crippen LogP contribution in [0.5, 0.6) is 23.0 Å². The molecule has 0 amide bonds. The molecule has 0 aliphatic rings. The van der Waals surface area contributed by atoms with Crippen LogP contribution in [0.1, 0.15) is 11.9 Å². The molecule has 2 unspecified atom stereocenters. The first-order chi connectivity index (χ1) is 18.5. The van der Waals surface area contributed by atoms with Gasteiger partial charge < -0.3 is 17.8 Å². The number of halogens is 2. The molecular formula is C28H20F2O7S2. The van der Waals surface area contributed by atoms with Gasteiger partial charge in [-0.3, -0.25) is 0 Å². The molecule has 39 heavy (non-hydrogen) atoms. The molecule has 0 aromatic heterocycles. The van der Waals surface area contributed by atoms with Gasteiger partial charge >= 0.3 is 10.5 Å². The maximum atomic E-state index is 13.3. The maximum Gasteiger partial charge on any atom is 0.488 e. The van der Waals surface area contributed by atoms with Crippen molar-refractivity contribution in [2.45, 2.75) is 6.29 Å². The molecule has 5 rings (SSSR count). The van der Waals surface area contributed by atoms with Crippen molar-refractivity contribution in [2.75, 3.05) is 0 Å². The Morgan fingerprint density at radius 1 is 0.590 bits per heavy atom. The molecule has 0 spiro atoms. The Bertz CT molecular complexity index is 1780. The fraction of sp³-hybridized carbons (Fsp3) is 0.0357. The van der Waals surface area contributed by atoms with Gasteiger partial charge in [-0.25, -0.2) is 0 Å². The molecular weight excluding hydrogens is 550 g/mol. The number of hydrogen-bond acceptors (Lipinski definition) is 7. The zero-order valence-electron chi connectivity index (χ0n) is 20.0. The molecule has 11 heteroatoms. The summed E-state index contributed by atoms with van der Waals surface area (Å²) in [6, 6.07) is 28.7. The molecule has 0 fully saturated rings. The molecule has 0 bridgehead atoms. The fourth-order valence-corrected chi connectivity index (χ4v) is 4.73. The minimum atomic E-state index is -5.17. The summed E-state index contributed by atoms with van der Waals surface area (Å²) in [5.74, 6) is 3.18. The van der Waals surface area contributed by atoms with E-state index >= 15 is 0 Å². The lowest BCUT2D eigenvalue weighted by molar-refractivity contribution is 0.00386. The highest BCUT2D eigenvalue weighted by Gasteiger charge is 2.18. The lowest BCUT2D eigenvalue weighted by Crippen LogP contribution is -2.15. The fourth-order valence-electron chi connectivity index (χ4n) is 3.99. The first-order valence-electron chi connectivity index (χ1n) is 11.4. The van der Waals surface area contributed by atoms with E-state index < -0.39 is 27.0 Å². The van der Waals surface area contributed by atoms with E-state index in [0.29, 0.717) is 11.3 Å². The second kappa shape index (κ2) is 10.4. The Hall–Kier alpha value is -4.35. The zero-order valence-corrected chi connectivity index (χ0v) is 21.7. The van der Waals surface area contributed by atoms with E-state index in [4.69, 9.17) is 9.47 Å². The van der Waals surface area contributed by atoms with E-state index in [0.717, 1.165) is 21.5 Å². The number of rotatable bonds is 9. The summed E-state index contributed by atoms with van der Waals surface area (Å²) >= 11 is 0. The summed E-state index contributed by atoms with van der Waals surface area (Å²) < 4.78 is 79.8. The Balaban J connectivity index is 1.47. The predicted molar refractivity (Wildman–Crippen MR) is 146 cm³/mol. The van der Waals surface area contributed by atoms with Crippen molar-refractivity contribution in [3.8, 4) is 23.0 Å². The average molecular weight is 571 g/mol. The minimum absolute atomic E-state index is 0.00157. The standard InChI is InChI=1S/C28H20F2O7S2/c1-38(29,31)36-24-13-9-22(10-14-24)34-28(35-23-11-15-25(16-12-23)37-39(30,32)33)21-8-17-27-20(18-21)7-6-19-4-2-3-5-26(19)27/h2-18,28H,1H2. The molecule has 200 valence electrons. The average Bonchev–Trinajstić information content (AvgIpc) is 2.88. The molecule has 0 heterocycles. The Kier molecular flexibility index (Phi) is 7.02. The second-order valence-corrected chi connectivity index (χ2v) is 10.6. The highest BCUT2D eigenvalue weighted by atomic mass is 32.3. The van der Waals surface area contributed by atoms with Crippen molar-refractivity contribution in [1.29, 1.82) is 0 Å². The molecule has 2 atom stereocenters. The zero-order chi connectivity index (χ0) is 27.6. The van der Waals surface area contributed by atoms with Crippen molar-refractivity contribution in [3.63, 3.8) is 0 Å². The third-order valence-electron chi connectivity index (χ3n) is 5.59. The normalized spacial score (nSPS) is 13.9. The lowest BCUT2D eigenvalue weighted by Gasteiger charge is -2.22. The number of fused-ring (bicyclic) bond motifs is 3. The molecule has 0 aliphatic heterocycles. The van der Waals surface area contributed by atoms with Crippen molar-refractivity contribution in [2.24, 2.45) is 0 Å². The Morgan fingerprint density at radius 3 is 1.69 bits per heavy atom.